The van der Waals surface area contributed by atoms with Crippen molar-refractivity contribution in [3.8, 4) is 5.75 Å². The molecule has 25 heavy (non-hydrogen) atoms. The average Bonchev–Trinajstić information content (AvgIpc) is 2.67. The fourth-order valence-electron chi connectivity index (χ4n) is 3.52. The average molecular weight is 339 g/mol. The number of carbonyl (C=O) groups excluding carboxylic acids is 1. The molecule has 1 aliphatic rings. The van der Waals surface area contributed by atoms with Gasteiger partial charge in [0, 0.05) is 36.3 Å². The SMILES string of the molecule is COc1ccccc1C1(CNC(=O)c2cccc(C)c2)CCOCC1. The van der Waals surface area contributed by atoms with Crippen molar-refractivity contribution in [2.45, 2.75) is 25.2 Å². The molecule has 1 N–H and O–H groups in total. The van der Waals surface area contributed by atoms with Crippen molar-refractivity contribution in [3.05, 3.63) is 65.2 Å². The maximum atomic E-state index is 12.6. The smallest absolute Gasteiger partial charge is 0.251 e. The number of benzene rings is 2. The van der Waals surface area contributed by atoms with Crippen LogP contribution in [0, 0.1) is 6.92 Å². The first-order chi connectivity index (χ1) is 12.1. The zero-order valence-corrected chi connectivity index (χ0v) is 14.9. The van der Waals surface area contributed by atoms with Crippen LogP contribution in [0.15, 0.2) is 48.5 Å². The summed E-state index contributed by atoms with van der Waals surface area (Å²) in [6, 6.07) is 15.7. The van der Waals surface area contributed by atoms with E-state index >= 15 is 0 Å². The normalized spacial score (nSPS) is 16.2. The summed E-state index contributed by atoms with van der Waals surface area (Å²) in [4.78, 5) is 12.6. The molecule has 1 fully saturated rings. The van der Waals surface area contributed by atoms with Crippen LogP contribution in [-0.4, -0.2) is 32.8 Å². The second-order valence-electron chi connectivity index (χ2n) is 6.65. The predicted octanol–water partition coefficient (Wildman–Crippen LogP) is 3.48. The van der Waals surface area contributed by atoms with Gasteiger partial charge in [-0.1, -0.05) is 35.9 Å². The quantitative estimate of drug-likeness (QED) is 0.907. The highest BCUT2D eigenvalue weighted by Gasteiger charge is 2.37. The van der Waals surface area contributed by atoms with Gasteiger partial charge in [0.1, 0.15) is 5.75 Å². The lowest BCUT2D eigenvalue weighted by Gasteiger charge is -2.38. The van der Waals surface area contributed by atoms with E-state index in [9.17, 15) is 4.79 Å². The zero-order chi connectivity index (χ0) is 17.7. The molecule has 0 atom stereocenters. The summed E-state index contributed by atoms with van der Waals surface area (Å²) in [5, 5.41) is 3.14. The molecule has 3 rings (SSSR count). The second kappa shape index (κ2) is 7.70. The Hall–Kier alpha value is -2.33. The van der Waals surface area contributed by atoms with Gasteiger partial charge in [-0.3, -0.25) is 4.79 Å². The number of hydrogen-bond acceptors (Lipinski definition) is 3. The summed E-state index contributed by atoms with van der Waals surface area (Å²) in [7, 11) is 1.69. The number of methoxy groups -OCH3 is 1. The summed E-state index contributed by atoms with van der Waals surface area (Å²) < 4.78 is 11.2. The van der Waals surface area contributed by atoms with Crippen molar-refractivity contribution in [1.29, 1.82) is 0 Å². The first-order valence-corrected chi connectivity index (χ1v) is 8.71. The van der Waals surface area contributed by atoms with E-state index in [0.29, 0.717) is 25.3 Å². The number of para-hydroxylation sites is 1. The fourth-order valence-corrected chi connectivity index (χ4v) is 3.52. The second-order valence-corrected chi connectivity index (χ2v) is 6.65. The molecule has 0 radical (unpaired) electrons. The van der Waals surface area contributed by atoms with Crippen LogP contribution < -0.4 is 10.1 Å². The first kappa shape index (κ1) is 17.5. The molecule has 2 aromatic rings. The van der Waals surface area contributed by atoms with Gasteiger partial charge in [-0.15, -0.1) is 0 Å². The van der Waals surface area contributed by atoms with Crippen molar-refractivity contribution < 1.29 is 14.3 Å². The van der Waals surface area contributed by atoms with Crippen LogP contribution in [0.1, 0.15) is 34.3 Å². The summed E-state index contributed by atoms with van der Waals surface area (Å²) in [6.45, 7) is 3.95. The third-order valence-corrected chi connectivity index (χ3v) is 5.00. The third-order valence-electron chi connectivity index (χ3n) is 5.00. The van der Waals surface area contributed by atoms with Crippen molar-refractivity contribution >= 4 is 5.91 Å². The van der Waals surface area contributed by atoms with Crippen LogP contribution in [0.5, 0.6) is 5.75 Å². The Labute approximate surface area is 149 Å². The molecule has 132 valence electrons. The van der Waals surface area contributed by atoms with Gasteiger partial charge in [-0.25, -0.2) is 0 Å². The van der Waals surface area contributed by atoms with Gasteiger partial charge in [0.05, 0.1) is 7.11 Å². The molecule has 4 nitrogen and oxygen atoms in total. The molecular formula is C21H25NO3. The zero-order valence-electron chi connectivity index (χ0n) is 14.9. The fraction of sp³-hybridized carbons (Fsp3) is 0.381. The Morgan fingerprint density at radius 3 is 2.64 bits per heavy atom. The minimum atomic E-state index is -0.162. The van der Waals surface area contributed by atoms with Crippen LogP contribution in [0.2, 0.25) is 0 Å². The van der Waals surface area contributed by atoms with Crippen LogP contribution >= 0.6 is 0 Å². The molecule has 1 amide bonds. The Bertz CT molecular complexity index is 735. The molecule has 0 saturated carbocycles. The molecule has 0 spiro atoms. The van der Waals surface area contributed by atoms with Crippen molar-refractivity contribution in [2.75, 3.05) is 26.9 Å². The molecule has 2 aromatic carbocycles. The minimum Gasteiger partial charge on any atom is -0.496 e. The Morgan fingerprint density at radius 1 is 1.16 bits per heavy atom. The number of aryl methyl sites for hydroxylation is 1. The first-order valence-electron chi connectivity index (χ1n) is 8.71. The Balaban J connectivity index is 1.83. The molecular weight excluding hydrogens is 314 g/mol. The molecule has 0 bridgehead atoms. The van der Waals surface area contributed by atoms with E-state index in [1.165, 1.54) is 0 Å². The van der Waals surface area contributed by atoms with Crippen LogP contribution in [0.4, 0.5) is 0 Å². The van der Waals surface area contributed by atoms with E-state index in [4.69, 9.17) is 9.47 Å². The number of amides is 1. The highest BCUT2D eigenvalue weighted by atomic mass is 16.5. The maximum absolute atomic E-state index is 12.6. The Kier molecular flexibility index (Phi) is 5.39. The van der Waals surface area contributed by atoms with Gasteiger partial charge in [-0.05, 0) is 38.0 Å². The van der Waals surface area contributed by atoms with Gasteiger partial charge < -0.3 is 14.8 Å². The molecule has 0 unspecified atom stereocenters. The largest absolute Gasteiger partial charge is 0.496 e. The highest BCUT2D eigenvalue weighted by Crippen LogP contribution is 2.39. The third kappa shape index (κ3) is 3.85. The van der Waals surface area contributed by atoms with Gasteiger partial charge in [0.2, 0.25) is 0 Å². The summed E-state index contributed by atoms with van der Waals surface area (Å²) in [5.41, 5.74) is 2.76. The van der Waals surface area contributed by atoms with Gasteiger partial charge >= 0.3 is 0 Å². The monoisotopic (exact) mass is 339 g/mol. The molecule has 0 aromatic heterocycles. The number of rotatable bonds is 5. The van der Waals surface area contributed by atoms with Crippen molar-refractivity contribution in [1.82, 2.24) is 5.32 Å². The van der Waals surface area contributed by atoms with Gasteiger partial charge in [0.15, 0.2) is 0 Å². The molecule has 0 aliphatic carbocycles. The molecule has 1 saturated heterocycles. The number of hydrogen-bond donors (Lipinski definition) is 1. The summed E-state index contributed by atoms with van der Waals surface area (Å²) >= 11 is 0. The number of carbonyl (C=O) groups is 1. The summed E-state index contributed by atoms with van der Waals surface area (Å²) in [5.74, 6) is 0.832. The van der Waals surface area contributed by atoms with E-state index in [-0.39, 0.29) is 11.3 Å². The van der Waals surface area contributed by atoms with Gasteiger partial charge in [0.25, 0.3) is 5.91 Å². The Morgan fingerprint density at radius 2 is 1.92 bits per heavy atom. The standard InChI is InChI=1S/C21H25NO3/c1-16-6-5-7-17(14-16)20(23)22-15-21(10-12-25-13-11-21)18-8-3-4-9-19(18)24-2/h3-9,14H,10-13,15H2,1-2H3,(H,22,23). The van der Waals surface area contributed by atoms with E-state index in [2.05, 4.69) is 11.4 Å². The van der Waals surface area contributed by atoms with Gasteiger partial charge in [-0.2, -0.15) is 0 Å². The maximum Gasteiger partial charge on any atom is 0.251 e. The van der Waals surface area contributed by atoms with E-state index in [0.717, 1.165) is 29.7 Å². The minimum absolute atomic E-state index is 0.0375. The van der Waals surface area contributed by atoms with Crippen LogP contribution in [-0.2, 0) is 10.2 Å². The highest BCUT2D eigenvalue weighted by molar-refractivity contribution is 5.94. The lowest BCUT2D eigenvalue weighted by molar-refractivity contribution is 0.0479. The molecule has 1 heterocycles. The van der Waals surface area contributed by atoms with E-state index in [1.807, 2.05) is 49.4 Å². The van der Waals surface area contributed by atoms with E-state index in [1.54, 1.807) is 7.11 Å². The van der Waals surface area contributed by atoms with Crippen LogP contribution in [0.25, 0.3) is 0 Å². The molecule has 1 aliphatic heterocycles. The molecule has 4 heteroatoms. The lowest BCUT2D eigenvalue weighted by Crippen LogP contribution is -2.44. The summed E-state index contributed by atoms with van der Waals surface area (Å²) in [6.07, 6.45) is 1.73. The predicted molar refractivity (Wildman–Crippen MR) is 98.2 cm³/mol. The topological polar surface area (TPSA) is 47.6 Å². The number of ether oxygens (including phenoxy) is 2. The number of nitrogens with one attached hydrogen (secondary N) is 1. The van der Waals surface area contributed by atoms with E-state index < -0.39 is 0 Å². The van der Waals surface area contributed by atoms with Crippen molar-refractivity contribution in [2.24, 2.45) is 0 Å². The van der Waals surface area contributed by atoms with Crippen molar-refractivity contribution in [3.63, 3.8) is 0 Å². The van der Waals surface area contributed by atoms with Crippen LogP contribution in [0.3, 0.4) is 0 Å². The lowest BCUT2D eigenvalue weighted by atomic mass is 9.73.